The number of quaternary nitrogens is 1. The van der Waals surface area contributed by atoms with Crippen molar-refractivity contribution in [2.24, 2.45) is 5.11 Å². The zero-order valence-electron chi connectivity index (χ0n) is 9.44. The van der Waals surface area contributed by atoms with E-state index in [1.807, 2.05) is 24.3 Å². The topological polar surface area (TPSA) is 53.2 Å². The second kappa shape index (κ2) is 8.20. The van der Waals surface area contributed by atoms with Gasteiger partial charge in [-0.1, -0.05) is 29.4 Å². The third-order valence-electron chi connectivity index (χ3n) is 2.45. The van der Waals surface area contributed by atoms with Crippen molar-refractivity contribution >= 4 is 28.9 Å². The van der Waals surface area contributed by atoms with Gasteiger partial charge in [-0.3, -0.25) is 0 Å². The van der Waals surface area contributed by atoms with Gasteiger partial charge in [-0.25, -0.2) is 0 Å². The van der Waals surface area contributed by atoms with Crippen molar-refractivity contribution in [2.75, 3.05) is 24.8 Å². The van der Waals surface area contributed by atoms with Gasteiger partial charge in [-0.15, -0.1) is 23.2 Å². The van der Waals surface area contributed by atoms with Crippen LogP contribution >= 0.6 is 23.2 Å². The highest BCUT2D eigenvalue weighted by Gasteiger charge is 2.07. The fraction of sp³-hybridized carbons (Fsp3) is 0.455. The molecule has 0 radical (unpaired) electrons. The Balaban J connectivity index is 2.62. The lowest BCUT2D eigenvalue weighted by Gasteiger charge is -2.17. The van der Waals surface area contributed by atoms with Gasteiger partial charge in [0.25, 0.3) is 0 Å². The Labute approximate surface area is 111 Å². The minimum Gasteiger partial charge on any atom is -0.329 e. The lowest BCUT2D eigenvalue weighted by molar-refractivity contribution is -0.909. The van der Waals surface area contributed by atoms with E-state index in [4.69, 9.17) is 28.7 Å². The molecule has 17 heavy (non-hydrogen) atoms. The molecule has 0 saturated heterocycles. The van der Waals surface area contributed by atoms with Crippen molar-refractivity contribution in [3.8, 4) is 0 Å². The molecule has 0 unspecified atom stereocenters. The van der Waals surface area contributed by atoms with Crippen LogP contribution in [0.1, 0.15) is 5.56 Å². The van der Waals surface area contributed by atoms with Gasteiger partial charge in [0.05, 0.1) is 24.8 Å². The summed E-state index contributed by atoms with van der Waals surface area (Å²) >= 11 is 11.5. The number of rotatable bonds is 7. The molecule has 92 valence electrons. The van der Waals surface area contributed by atoms with Gasteiger partial charge in [-0.2, -0.15) is 0 Å². The summed E-state index contributed by atoms with van der Waals surface area (Å²) in [5, 5.41) is 3.53. The zero-order chi connectivity index (χ0) is 12.5. The van der Waals surface area contributed by atoms with Crippen LogP contribution in [0.4, 0.5) is 5.69 Å². The molecule has 1 rings (SSSR count). The van der Waals surface area contributed by atoms with Crippen molar-refractivity contribution in [3.05, 3.63) is 40.3 Å². The third-order valence-corrected chi connectivity index (χ3v) is 2.82. The first-order valence-electron chi connectivity index (χ1n) is 5.39. The van der Waals surface area contributed by atoms with Gasteiger partial charge in [0, 0.05) is 16.2 Å². The summed E-state index contributed by atoms with van der Waals surface area (Å²) in [6.07, 6.45) is 0. The van der Waals surface area contributed by atoms with Crippen molar-refractivity contribution in [1.82, 2.24) is 0 Å². The van der Waals surface area contributed by atoms with Crippen molar-refractivity contribution < 1.29 is 4.90 Å². The van der Waals surface area contributed by atoms with Crippen LogP contribution in [0.3, 0.4) is 0 Å². The minimum atomic E-state index is 0.628. The predicted molar refractivity (Wildman–Crippen MR) is 71.1 cm³/mol. The highest BCUT2D eigenvalue weighted by atomic mass is 35.5. The summed E-state index contributed by atoms with van der Waals surface area (Å²) in [5.74, 6) is 1.26. The number of hydrogen-bond acceptors (Lipinski definition) is 1. The van der Waals surface area contributed by atoms with Crippen LogP contribution in [0.5, 0.6) is 0 Å². The molecule has 0 saturated carbocycles. The van der Waals surface area contributed by atoms with E-state index in [9.17, 15) is 0 Å². The Hall–Kier alpha value is -0.930. The molecule has 0 amide bonds. The van der Waals surface area contributed by atoms with Crippen LogP contribution in [-0.2, 0) is 6.54 Å². The van der Waals surface area contributed by atoms with Crippen LogP contribution in [0.25, 0.3) is 10.4 Å². The molecule has 0 aliphatic rings. The number of hydrogen-bond donors (Lipinski definition) is 1. The van der Waals surface area contributed by atoms with Crippen LogP contribution in [0, 0.1) is 0 Å². The van der Waals surface area contributed by atoms with Crippen LogP contribution in [0.2, 0.25) is 0 Å². The van der Waals surface area contributed by atoms with E-state index in [0.29, 0.717) is 17.4 Å². The largest absolute Gasteiger partial charge is 0.329 e. The smallest absolute Gasteiger partial charge is 0.103 e. The van der Waals surface area contributed by atoms with Gasteiger partial charge >= 0.3 is 0 Å². The van der Waals surface area contributed by atoms with Gasteiger partial charge in [-0.05, 0) is 5.53 Å². The molecule has 1 aromatic rings. The summed E-state index contributed by atoms with van der Waals surface area (Å²) < 4.78 is 0. The van der Waals surface area contributed by atoms with E-state index < -0.39 is 0 Å². The Morgan fingerprint density at radius 2 is 1.71 bits per heavy atom. The average Bonchev–Trinajstić information content (AvgIpc) is 2.33. The second-order valence-corrected chi connectivity index (χ2v) is 4.42. The standard InChI is InChI=1S/C11H14Cl2N4/c12-5-7-17(8-6-13)9-10-1-3-11(4-2-10)15-16-14/h1-4H,5-9H2/p+1. The number of alkyl halides is 2. The second-order valence-electron chi connectivity index (χ2n) is 3.66. The molecule has 0 aromatic heterocycles. The molecule has 0 bridgehead atoms. The molecule has 4 nitrogen and oxygen atoms in total. The summed E-state index contributed by atoms with van der Waals surface area (Å²) in [4.78, 5) is 4.09. The Bertz CT molecular complexity index is 368. The fourth-order valence-corrected chi connectivity index (χ4v) is 2.12. The lowest BCUT2D eigenvalue weighted by atomic mass is 10.2. The first-order chi connectivity index (χ1) is 8.30. The number of benzene rings is 1. The quantitative estimate of drug-likeness (QED) is 0.344. The number of nitrogens with one attached hydrogen (secondary N) is 1. The SMILES string of the molecule is [N-]=[N+]=Nc1ccc(C[NH+](CCCl)CCCl)cc1. The van der Waals surface area contributed by atoms with E-state index in [1.54, 1.807) is 0 Å². The highest BCUT2D eigenvalue weighted by Crippen LogP contribution is 2.12. The maximum Gasteiger partial charge on any atom is 0.103 e. The zero-order valence-corrected chi connectivity index (χ0v) is 11.0. The number of azide groups is 1. The van der Waals surface area contributed by atoms with Crippen LogP contribution < -0.4 is 4.90 Å². The maximum absolute atomic E-state index is 8.30. The molecule has 0 aliphatic heterocycles. The third kappa shape index (κ3) is 5.29. The Morgan fingerprint density at radius 3 is 2.18 bits per heavy atom. The monoisotopic (exact) mass is 273 g/mol. The highest BCUT2D eigenvalue weighted by molar-refractivity contribution is 6.18. The normalized spacial score (nSPS) is 10.3. The summed E-state index contributed by atoms with van der Waals surface area (Å²) in [6, 6.07) is 7.56. The minimum absolute atomic E-state index is 0.628. The molecule has 0 heterocycles. The predicted octanol–water partition coefficient (Wildman–Crippen LogP) is 2.49. The Morgan fingerprint density at radius 1 is 1.12 bits per heavy atom. The summed E-state index contributed by atoms with van der Waals surface area (Å²) in [5.41, 5.74) is 10.1. The molecule has 0 spiro atoms. The van der Waals surface area contributed by atoms with E-state index in [1.165, 1.54) is 10.5 Å². The molecule has 0 aliphatic carbocycles. The van der Waals surface area contributed by atoms with E-state index >= 15 is 0 Å². The first-order valence-corrected chi connectivity index (χ1v) is 6.46. The van der Waals surface area contributed by atoms with Gasteiger partial charge in [0.1, 0.15) is 6.54 Å². The maximum atomic E-state index is 8.30. The molecular weight excluding hydrogens is 259 g/mol. The Kier molecular flexibility index (Phi) is 6.82. The summed E-state index contributed by atoms with van der Waals surface area (Å²) in [6.45, 7) is 2.68. The number of halogens is 2. The van der Waals surface area contributed by atoms with Gasteiger partial charge in [0.15, 0.2) is 0 Å². The van der Waals surface area contributed by atoms with E-state index in [-0.39, 0.29) is 0 Å². The van der Waals surface area contributed by atoms with Crippen molar-refractivity contribution in [3.63, 3.8) is 0 Å². The van der Waals surface area contributed by atoms with E-state index in [0.717, 1.165) is 19.6 Å². The average molecular weight is 274 g/mol. The fourth-order valence-electron chi connectivity index (χ4n) is 1.59. The number of nitrogens with zero attached hydrogens (tertiary/aromatic N) is 3. The molecule has 0 fully saturated rings. The van der Waals surface area contributed by atoms with Crippen molar-refractivity contribution in [1.29, 1.82) is 0 Å². The lowest BCUT2D eigenvalue weighted by Crippen LogP contribution is -3.11. The molecule has 6 heteroatoms. The van der Waals surface area contributed by atoms with E-state index in [2.05, 4.69) is 10.0 Å². The van der Waals surface area contributed by atoms with Crippen molar-refractivity contribution in [2.45, 2.75) is 6.54 Å². The van der Waals surface area contributed by atoms with Gasteiger partial charge in [0.2, 0.25) is 0 Å². The summed E-state index contributed by atoms with van der Waals surface area (Å²) in [7, 11) is 0. The van der Waals surface area contributed by atoms with Gasteiger partial charge < -0.3 is 4.90 Å². The molecular formula is C11H15Cl2N4+. The molecule has 0 atom stereocenters. The van der Waals surface area contributed by atoms with Crippen LogP contribution in [-0.4, -0.2) is 24.8 Å². The first kappa shape index (κ1) is 14.1. The van der Waals surface area contributed by atoms with Crippen LogP contribution in [0.15, 0.2) is 29.4 Å². The molecule has 1 N–H and O–H groups in total. The molecule has 1 aromatic carbocycles.